The second-order valence-electron chi connectivity index (χ2n) is 4.65. The molecule has 0 aromatic heterocycles. The van der Waals surface area contributed by atoms with Crippen molar-refractivity contribution in [1.82, 2.24) is 4.90 Å². The number of rotatable bonds is 2. The van der Waals surface area contributed by atoms with Gasteiger partial charge in [0.2, 0.25) is 5.91 Å². The van der Waals surface area contributed by atoms with Crippen LogP contribution in [0.15, 0.2) is 16.6 Å². The largest absolute Gasteiger partial charge is 0.506 e. The smallest absolute Gasteiger partial charge is 0.283 e. The molecule has 2 rings (SSSR count). The van der Waals surface area contributed by atoms with E-state index in [1.807, 2.05) is 41.8 Å². The Morgan fingerprint density at radius 1 is 1.45 bits per heavy atom. The fraction of sp³-hybridized carbons (Fsp3) is 0.308. The first-order chi connectivity index (χ1) is 9.31. The molecule has 1 fully saturated rings. The minimum absolute atomic E-state index is 0.104. The number of phenolic OH excluding ortho intramolecular Hbond substituents is 1. The van der Waals surface area contributed by atoms with E-state index in [9.17, 15) is 14.7 Å². The number of imide groups is 1. The average Bonchev–Trinajstić information content (AvgIpc) is 2.61. The Kier molecular flexibility index (Phi) is 4.91. The summed E-state index contributed by atoms with van der Waals surface area (Å²) in [5.74, 6) is 0.312. The van der Waals surface area contributed by atoms with E-state index >= 15 is 0 Å². The van der Waals surface area contributed by atoms with Gasteiger partial charge in [-0.2, -0.15) is 0 Å². The van der Waals surface area contributed by atoms with Gasteiger partial charge >= 0.3 is 0 Å². The highest BCUT2D eigenvalue weighted by Crippen LogP contribution is 2.33. The van der Waals surface area contributed by atoms with Gasteiger partial charge in [0.05, 0.1) is 13.8 Å². The van der Waals surface area contributed by atoms with Crippen LogP contribution in [-0.2, 0) is 4.79 Å². The Hall–Kier alpha value is -0.410. The van der Waals surface area contributed by atoms with Gasteiger partial charge in [-0.1, -0.05) is 10.5 Å². The summed E-state index contributed by atoms with van der Waals surface area (Å²) < 4.78 is 1.28. The highest BCUT2D eigenvalue weighted by Gasteiger charge is 2.34. The van der Waals surface area contributed by atoms with Crippen LogP contribution in [-0.4, -0.2) is 38.3 Å². The highest BCUT2D eigenvalue weighted by atomic mass is 127. The van der Waals surface area contributed by atoms with Crippen molar-refractivity contribution < 1.29 is 14.7 Å². The number of halogens is 2. The van der Waals surface area contributed by atoms with Gasteiger partial charge in [-0.3, -0.25) is 14.5 Å². The molecular formula is C13H13BrINO3S. The predicted molar refractivity (Wildman–Crippen MR) is 93.5 cm³/mol. The number of aromatic hydroxyl groups is 1. The molecule has 1 saturated heterocycles. The SMILES string of the molecule is CC(C)N1C(=O)C/S(=C/c2cc(Br)c(O)c(I)c2)C1=O. The van der Waals surface area contributed by atoms with E-state index in [-0.39, 0.29) is 28.7 Å². The third kappa shape index (κ3) is 3.09. The zero-order valence-corrected chi connectivity index (χ0v) is 15.5. The molecule has 1 N–H and O–H groups in total. The van der Waals surface area contributed by atoms with Crippen LogP contribution in [0.1, 0.15) is 19.4 Å². The van der Waals surface area contributed by atoms with Crippen molar-refractivity contribution in [2.75, 3.05) is 5.75 Å². The van der Waals surface area contributed by atoms with Gasteiger partial charge < -0.3 is 5.11 Å². The lowest BCUT2D eigenvalue weighted by atomic mass is 10.2. The van der Waals surface area contributed by atoms with Gasteiger partial charge in [0.1, 0.15) is 5.75 Å². The number of hydrogen-bond acceptors (Lipinski definition) is 3. The first-order valence-electron chi connectivity index (χ1n) is 5.90. The summed E-state index contributed by atoms with van der Waals surface area (Å²) in [4.78, 5) is 25.4. The van der Waals surface area contributed by atoms with Crippen LogP contribution in [0.5, 0.6) is 5.75 Å². The fourth-order valence-corrected chi connectivity index (χ4v) is 5.14. The molecule has 20 heavy (non-hydrogen) atoms. The molecule has 1 aliphatic rings. The molecule has 7 heteroatoms. The molecule has 0 radical (unpaired) electrons. The van der Waals surface area contributed by atoms with E-state index in [4.69, 9.17) is 0 Å². The predicted octanol–water partition coefficient (Wildman–Crippen LogP) is 3.55. The van der Waals surface area contributed by atoms with Gasteiger partial charge in [-0.25, -0.2) is 0 Å². The molecule has 0 bridgehead atoms. The van der Waals surface area contributed by atoms with Gasteiger partial charge in [0, 0.05) is 6.04 Å². The molecule has 4 nitrogen and oxygen atoms in total. The van der Waals surface area contributed by atoms with Crippen LogP contribution in [0.25, 0.3) is 0 Å². The molecule has 1 unspecified atom stereocenters. The Balaban J connectivity index is 2.38. The maximum Gasteiger partial charge on any atom is 0.283 e. The van der Waals surface area contributed by atoms with Crippen molar-refractivity contribution in [1.29, 1.82) is 0 Å². The third-order valence-electron chi connectivity index (χ3n) is 2.80. The van der Waals surface area contributed by atoms with Crippen LogP contribution in [0.3, 0.4) is 0 Å². The quantitative estimate of drug-likeness (QED) is 0.532. The van der Waals surface area contributed by atoms with Crippen LogP contribution < -0.4 is 0 Å². The summed E-state index contributed by atoms with van der Waals surface area (Å²) >= 11 is 5.30. The summed E-state index contributed by atoms with van der Waals surface area (Å²) in [6, 6.07) is 3.44. The molecule has 108 valence electrons. The monoisotopic (exact) mass is 469 g/mol. The van der Waals surface area contributed by atoms with Gasteiger partial charge in [-0.05, 0) is 75.4 Å². The lowest BCUT2D eigenvalue weighted by Crippen LogP contribution is -2.35. The number of carbonyl (C=O) groups is 2. The Morgan fingerprint density at radius 2 is 2.10 bits per heavy atom. The van der Waals surface area contributed by atoms with E-state index in [0.717, 1.165) is 5.56 Å². The van der Waals surface area contributed by atoms with Crippen molar-refractivity contribution in [3.63, 3.8) is 0 Å². The molecular weight excluding hydrogens is 457 g/mol. The summed E-state index contributed by atoms with van der Waals surface area (Å²) in [5.41, 5.74) is 0.828. The molecule has 1 aliphatic heterocycles. The zero-order chi connectivity index (χ0) is 15.0. The standard InChI is InChI=1S/C13H13BrINO3S/c1-7(2)16-11(17)6-20(13(16)19)5-8-3-9(14)12(18)10(15)4-8/h3-5,7,18H,6H2,1-2H3. The van der Waals surface area contributed by atoms with Crippen molar-refractivity contribution in [3.8, 4) is 5.75 Å². The van der Waals surface area contributed by atoms with Crippen molar-refractivity contribution in [2.45, 2.75) is 19.9 Å². The first kappa shape index (κ1) is 16.0. The Labute approximate surface area is 141 Å². The van der Waals surface area contributed by atoms with E-state index in [1.165, 1.54) is 4.90 Å². The topological polar surface area (TPSA) is 57.6 Å². The average molecular weight is 470 g/mol. The molecule has 1 heterocycles. The van der Waals surface area contributed by atoms with E-state index in [1.54, 1.807) is 12.1 Å². The Bertz CT molecular complexity index is 607. The fourth-order valence-electron chi connectivity index (χ4n) is 1.90. The van der Waals surface area contributed by atoms with Gasteiger partial charge in [-0.15, -0.1) is 0 Å². The zero-order valence-electron chi connectivity index (χ0n) is 10.9. The number of nitrogens with zero attached hydrogens (tertiary/aromatic N) is 1. The second kappa shape index (κ2) is 6.15. The molecule has 0 saturated carbocycles. The number of carbonyl (C=O) groups excluding carboxylic acids is 2. The van der Waals surface area contributed by atoms with E-state index < -0.39 is 10.5 Å². The lowest BCUT2D eigenvalue weighted by molar-refractivity contribution is -0.125. The molecule has 1 atom stereocenters. The third-order valence-corrected chi connectivity index (χ3v) is 5.99. The molecule has 2 amide bonds. The van der Waals surface area contributed by atoms with Crippen LogP contribution in [0.4, 0.5) is 4.79 Å². The number of hydrogen-bond donors (Lipinski definition) is 1. The summed E-state index contributed by atoms with van der Waals surface area (Å²) in [6.45, 7) is 3.67. The highest BCUT2D eigenvalue weighted by molar-refractivity contribution is 14.1. The summed E-state index contributed by atoms with van der Waals surface area (Å²) in [7, 11) is -0.720. The second-order valence-corrected chi connectivity index (χ2v) is 8.40. The van der Waals surface area contributed by atoms with Gasteiger partial charge in [0.15, 0.2) is 0 Å². The van der Waals surface area contributed by atoms with Gasteiger partial charge in [0.25, 0.3) is 5.24 Å². The van der Waals surface area contributed by atoms with Crippen LogP contribution in [0.2, 0.25) is 0 Å². The molecule has 0 spiro atoms. The summed E-state index contributed by atoms with van der Waals surface area (Å²) in [5, 5.41) is 11.4. The number of benzene rings is 1. The molecule has 0 aliphatic carbocycles. The maximum atomic E-state index is 12.2. The maximum absolute atomic E-state index is 12.2. The van der Waals surface area contributed by atoms with Crippen molar-refractivity contribution >= 4 is 65.5 Å². The number of amides is 2. The molecule has 1 aromatic carbocycles. The van der Waals surface area contributed by atoms with Crippen LogP contribution >= 0.6 is 49.0 Å². The first-order valence-corrected chi connectivity index (χ1v) is 9.22. The van der Waals surface area contributed by atoms with E-state index in [0.29, 0.717) is 8.04 Å². The van der Waals surface area contributed by atoms with Crippen LogP contribution in [0, 0.1) is 3.57 Å². The minimum Gasteiger partial charge on any atom is -0.506 e. The summed E-state index contributed by atoms with van der Waals surface area (Å²) in [6.07, 6.45) is 0. The number of phenols is 1. The Morgan fingerprint density at radius 3 is 2.60 bits per heavy atom. The normalized spacial score (nSPS) is 19.4. The molecule has 1 aromatic rings. The van der Waals surface area contributed by atoms with Crippen molar-refractivity contribution in [3.05, 3.63) is 25.7 Å². The van der Waals surface area contributed by atoms with E-state index in [2.05, 4.69) is 15.9 Å². The lowest BCUT2D eigenvalue weighted by Gasteiger charge is -2.17. The minimum atomic E-state index is -0.720. The van der Waals surface area contributed by atoms with Crippen molar-refractivity contribution in [2.24, 2.45) is 0 Å².